The lowest BCUT2D eigenvalue weighted by atomic mass is 9.85. The summed E-state index contributed by atoms with van der Waals surface area (Å²) >= 11 is 0. The SMILES string of the molecule is CCCOc1ccc(C(=O)NC2CCCCC2CO)cc1. The van der Waals surface area contributed by atoms with E-state index in [0.717, 1.165) is 37.9 Å². The summed E-state index contributed by atoms with van der Waals surface area (Å²) in [5.74, 6) is 0.913. The van der Waals surface area contributed by atoms with E-state index in [1.165, 1.54) is 0 Å². The van der Waals surface area contributed by atoms with E-state index in [4.69, 9.17) is 4.74 Å². The van der Waals surface area contributed by atoms with Gasteiger partial charge in [-0.3, -0.25) is 4.79 Å². The van der Waals surface area contributed by atoms with Gasteiger partial charge in [-0.2, -0.15) is 0 Å². The summed E-state index contributed by atoms with van der Waals surface area (Å²) in [7, 11) is 0. The van der Waals surface area contributed by atoms with Crippen LogP contribution in [-0.2, 0) is 0 Å². The zero-order valence-electron chi connectivity index (χ0n) is 12.7. The first-order valence-corrected chi connectivity index (χ1v) is 7.89. The highest BCUT2D eigenvalue weighted by atomic mass is 16.5. The van der Waals surface area contributed by atoms with Gasteiger partial charge in [-0.15, -0.1) is 0 Å². The maximum atomic E-state index is 12.3. The lowest BCUT2D eigenvalue weighted by Gasteiger charge is -2.30. The fourth-order valence-electron chi connectivity index (χ4n) is 2.79. The van der Waals surface area contributed by atoms with Crippen molar-refractivity contribution in [3.05, 3.63) is 29.8 Å². The van der Waals surface area contributed by atoms with Crippen LogP contribution in [0.5, 0.6) is 5.75 Å². The number of aliphatic hydroxyl groups is 1. The maximum Gasteiger partial charge on any atom is 0.251 e. The molecule has 1 aliphatic carbocycles. The van der Waals surface area contributed by atoms with Gasteiger partial charge in [0, 0.05) is 24.1 Å². The van der Waals surface area contributed by atoms with Crippen molar-refractivity contribution in [1.29, 1.82) is 0 Å². The Kier molecular flexibility index (Phi) is 6.05. The van der Waals surface area contributed by atoms with E-state index >= 15 is 0 Å². The van der Waals surface area contributed by atoms with Crippen molar-refractivity contribution in [2.45, 2.75) is 45.1 Å². The second-order valence-electron chi connectivity index (χ2n) is 5.68. The zero-order chi connectivity index (χ0) is 15.1. The fourth-order valence-corrected chi connectivity index (χ4v) is 2.79. The normalized spacial score (nSPS) is 21.8. The second-order valence-corrected chi connectivity index (χ2v) is 5.68. The Morgan fingerprint density at radius 1 is 1.29 bits per heavy atom. The second kappa shape index (κ2) is 8.03. The Hall–Kier alpha value is -1.55. The van der Waals surface area contributed by atoms with Gasteiger partial charge in [0.2, 0.25) is 0 Å². The third-order valence-electron chi connectivity index (χ3n) is 4.05. The van der Waals surface area contributed by atoms with Gasteiger partial charge in [0.05, 0.1) is 6.61 Å². The predicted octanol–water partition coefficient (Wildman–Crippen LogP) is 2.76. The van der Waals surface area contributed by atoms with Crippen molar-refractivity contribution in [2.24, 2.45) is 5.92 Å². The van der Waals surface area contributed by atoms with Crippen molar-refractivity contribution < 1.29 is 14.6 Å². The lowest BCUT2D eigenvalue weighted by Crippen LogP contribution is -2.43. The summed E-state index contributed by atoms with van der Waals surface area (Å²) in [6, 6.07) is 7.32. The van der Waals surface area contributed by atoms with Gasteiger partial charge in [-0.25, -0.2) is 0 Å². The van der Waals surface area contributed by atoms with E-state index in [9.17, 15) is 9.90 Å². The standard InChI is InChI=1S/C17H25NO3/c1-2-11-21-15-9-7-13(8-10-15)17(20)18-16-6-4-3-5-14(16)12-19/h7-10,14,16,19H,2-6,11-12H2,1H3,(H,18,20). The molecule has 116 valence electrons. The lowest BCUT2D eigenvalue weighted by molar-refractivity contribution is 0.0872. The Balaban J connectivity index is 1.93. The van der Waals surface area contributed by atoms with Gasteiger partial charge in [0.15, 0.2) is 0 Å². The van der Waals surface area contributed by atoms with Gasteiger partial charge < -0.3 is 15.2 Å². The average molecular weight is 291 g/mol. The first-order chi connectivity index (χ1) is 10.2. The number of aliphatic hydroxyl groups excluding tert-OH is 1. The molecule has 4 nitrogen and oxygen atoms in total. The number of benzene rings is 1. The average Bonchev–Trinajstić information content (AvgIpc) is 2.54. The van der Waals surface area contributed by atoms with Crippen LogP contribution in [-0.4, -0.2) is 30.3 Å². The van der Waals surface area contributed by atoms with E-state index in [0.29, 0.717) is 12.2 Å². The minimum atomic E-state index is -0.0672. The molecule has 4 heteroatoms. The predicted molar refractivity (Wildman–Crippen MR) is 82.5 cm³/mol. The van der Waals surface area contributed by atoms with Crippen molar-refractivity contribution >= 4 is 5.91 Å². The Morgan fingerprint density at radius 2 is 2.00 bits per heavy atom. The number of carbonyl (C=O) groups excluding carboxylic acids is 1. The van der Waals surface area contributed by atoms with Crippen LogP contribution in [0.25, 0.3) is 0 Å². The number of hydrogen-bond acceptors (Lipinski definition) is 3. The van der Waals surface area contributed by atoms with E-state index in [2.05, 4.69) is 12.2 Å². The van der Waals surface area contributed by atoms with Gasteiger partial charge in [-0.05, 0) is 43.5 Å². The van der Waals surface area contributed by atoms with Crippen LogP contribution in [0, 0.1) is 5.92 Å². The molecule has 21 heavy (non-hydrogen) atoms. The Bertz CT molecular complexity index is 444. The molecule has 0 aliphatic heterocycles. The number of nitrogens with one attached hydrogen (secondary N) is 1. The summed E-state index contributed by atoms with van der Waals surface area (Å²) in [4.78, 5) is 12.3. The van der Waals surface area contributed by atoms with Crippen molar-refractivity contribution in [3.63, 3.8) is 0 Å². The van der Waals surface area contributed by atoms with Crippen molar-refractivity contribution in [2.75, 3.05) is 13.2 Å². The van der Waals surface area contributed by atoms with Crippen LogP contribution in [0.15, 0.2) is 24.3 Å². The Labute approximate surface area is 126 Å². The van der Waals surface area contributed by atoms with E-state index in [1.54, 1.807) is 12.1 Å². The highest BCUT2D eigenvalue weighted by Gasteiger charge is 2.26. The van der Waals surface area contributed by atoms with E-state index in [-0.39, 0.29) is 24.5 Å². The van der Waals surface area contributed by atoms with Crippen molar-refractivity contribution in [3.8, 4) is 5.75 Å². The molecule has 0 spiro atoms. The van der Waals surface area contributed by atoms with Crippen LogP contribution >= 0.6 is 0 Å². The monoisotopic (exact) mass is 291 g/mol. The third kappa shape index (κ3) is 4.46. The largest absolute Gasteiger partial charge is 0.494 e. The third-order valence-corrected chi connectivity index (χ3v) is 4.05. The minimum absolute atomic E-state index is 0.0672. The number of hydrogen-bond donors (Lipinski definition) is 2. The molecule has 0 bridgehead atoms. The molecule has 0 radical (unpaired) electrons. The van der Waals surface area contributed by atoms with Crippen molar-refractivity contribution in [1.82, 2.24) is 5.32 Å². The molecule has 2 N–H and O–H groups in total. The molecule has 2 rings (SSSR count). The summed E-state index contributed by atoms with van der Waals surface area (Å²) in [6.07, 6.45) is 5.17. The first kappa shape index (κ1) is 15.8. The quantitative estimate of drug-likeness (QED) is 0.847. The van der Waals surface area contributed by atoms with Crippen LogP contribution < -0.4 is 10.1 Å². The number of carbonyl (C=O) groups is 1. The van der Waals surface area contributed by atoms with Gasteiger partial charge in [0.25, 0.3) is 5.91 Å². The van der Waals surface area contributed by atoms with Crippen LogP contribution in [0.4, 0.5) is 0 Å². The molecule has 1 aromatic carbocycles. The fraction of sp³-hybridized carbons (Fsp3) is 0.588. The summed E-state index contributed by atoms with van der Waals surface area (Å²) in [5, 5.41) is 12.5. The molecule has 1 saturated carbocycles. The van der Waals surface area contributed by atoms with Gasteiger partial charge >= 0.3 is 0 Å². The highest BCUT2D eigenvalue weighted by molar-refractivity contribution is 5.94. The molecular formula is C17H25NO3. The molecule has 1 aliphatic rings. The van der Waals surface area contributed by atoms with Crippen LogP contribution in [0.1, 0.15) is 49.4 Å². The molecule has 0 heterocycles. The smallest absolute Gasteiger partial charge is 0.251 e. The summed E-state index contributed by atoms with van der Waals surface area (Å²) < 4.78 is 5.51. The molecule has 1 amide bonds. The molecule has 2 unspecified atom stereocenters. The minimum Gasteiger partial charge on any atom is -0.494 e. The first-order valence-electron chi connectivity index (χ1n) is 7.89. The highest BCUT2D eigenvalue weighted by Crippen LogP contribution is 2.24. The van der Waals surface area contributed by atoms with Crippen LogP contribution in [0.2, 0.25) is 0 Å². The topological polar surface area (TPSA) is 58.6 Å². The van der Waals surface area contributed by atoms with Crippen LogP contribution in [0.3, 0.4) is 0 Å². The summed E-state index contributed by atoms with van der Waals surface area (Å²) in [5.41, 5.74) is 0.640. The van der Waals surface area contributed by atoms with E-state index in [1.807, 2.05) is 12.1 Å². The number of amides is 1. The van der Waals surface area contributed by atoms with Gasteiger partial charge in [-0.1, -0.05) is 19.8 Å². The number of ether oxygens (including phenoxy) is 1. The molecule has 2 atom stereocenters. The summed E-state index contributed by atoms with van der Waals surface area (Å²) in [6.45, 7) is 2.89. The molecule has 1 fully saturated rings. The van der Waals surface area contributed by atoms with E-state index < -0.39 is 0 Å². The molecule has 0 saturated heterocycles. The molecule has 0 aromatic heterocycles. The molecular weight excluding hydrogens is 266 g/mol. The van der Waals surface area contributed by atoms with Gasteiger partial charge in [0.1, 0.15) is 5.75 Å². The zero-order valence-corrected chi connectivity index (χ0v) is 12.7. The Morgan fingerprint density at radius 3 is 2.67 bits per heavy atom. The maximum absolute atomic E-state index is 12.3. The number of rotatable bonds is 6. The molecule has 1 aromatic rings.